The third-order valence-corrected chi connectivity index (χ3v) is 4.52. The van der Waals surface area contributed by atoms with Crippen LogP contribution in [0.5, 0.6) is 0 Å². The fourth-order valence-corrected chi connectivity index (χ4v) is 3.08. The second-order valence-corrected chi connectivity index (χ2v) is 6.46. The van der Waals surface area contributed by atoms with E-state index >= 15 is 0 Å². The first-order valence-corrected chi connectivity index (χ1v) is 8.97. The largest absolute Gasteiger partial charge is 0.462 e. The van der Waals surface area contributed by atoms with E-state index in [1.807, 2.05) is 0 Å². The molecule has 1 aromatic carbocycles. The third-order valence-electron chi connectivity index (χ3n) is 3.65. The lowest BCUT2D eigenvalue weighted by Gasteiger charge is -2.13. The smallest absolute Gasteiger partial charge is 0.434 e. The predicted octanol–water partition coefficient (Wildman–Crippen LogP) is 4.38. The summed E-state index contributed by atoms with van der Waals surface area (Å²) >= 11 is 1.27. The molecule has 0 atom stereocenters. The molecule has 0 bridgehead atoms. The zero-order valence-corrected chi connectivity index (χ0v) is 15.3. The van der Waals surface area contributed by atoms with Gasteiger partial charge in [0, 0.05) is 5.69 Å². The highest BCUT2D eigenvalue weighted by Crippen LogP contribution is 2.34. The van der Waals surface area contributed by atoms with E-state index in [2.05, 4.69) is 15.2 Å². The number of rotatable bonds is 5. The van der Waals surface area contributed by atoms with E-state index in [1.165, 1.54) is 42.5 Å². The Balaban J connectivity index is 1.89. The number of amides is 1. The lowest BCUT2D eigenvalue weighted by Crippen LogP contribution is -2.18. The molecule has 3 aromatic rings. The van der Waals surface area contributed by atoms with Gasteiger partial charge in [-0.1, -0.05) is 6.07 Å². The average molecular weight is 409 g/mol. The summed E-state index contributed by atoms with van der Waals surface area (Å²) in [4.78, 5) is 24.4. The first-order chi connectivity index (χ1) is 13.3. The van der Waals surface area contributed by atoms with E-state index in [-0.39, 0.29) is 18.2 Å². The molecule has 0 unspecified atom stereocenters. The number of carbonyl (C=O) groups excluding carboxylic acids is 2. The van der Waals surface area contributed by atoms with E-state index in [0.29, 0.717) is 15.2 Å². The Morgan fingerprint density at radius 2 is 1.93 bits per heavy atom. The van der Waals surface area contributed by atoms with Crippen molar-refractivity contribution in [3.8, 4) is 5.69 Å². The van der Waals surface area contributed by atoms with Crippen LogP contribution in [0.3, 0.4) is 0 Å². The van der Waals surface area contributed by atoms with E-state index in [4.69, 9.17) is 0 Å². The van der Waals surface area contributed by atoms with Crippen molar-refractivity contribution >= 4 is 28.9 Å². The van der Waals surface area contributed by atoms with Gasteiger partial charge in [0.25, 0.3) is 5.91 Å². The van der Waals surface area contributed by atoms with Gasteiger partial charge in [0.2, 0.25) is 0 Å². The molecule has 3 rings (SSSR count). The van der Waals surface area contributed by atoms with Gasteiger partial charge in [-0.3, -0.25) is 4.79 Å². The highest BCUT2D eigenvalue weighted by molar-refractivity contribution is 7.12. The molecular formula is C18H14F3N3O3S. The minimum atomic E-state index is -4.81. The first-order valence-electron chi connectivity index (χ1n) is 8.09. The Hall–Kier alpha value is -3.14. The molecule has 1 N–H and O–H groups in total. The number of nitrogens with one attached hydrogen (secondary N) is 1. The van der Waals surface area contributed by atoms with Crippen LogP contribution in [0.15, 0.2) is 48.0 Å². The number of carbonyl (C=O) groups is 2. The fraction of sp³-hybridized carbons (Fsp3) is 0.167. The number of esters is 1. The number of ether oxygens (including phenoxy) is 1. The molecule has 1 amide bonds. The maximum absolute atomic E-state index is 13.5. The van der Waals surface area contributed by atoms with Crippen molar-refractivity contribution < 1.29 is 27.5 Å². The summed E-state index contributed by atoms with van der Waals surface area (Å²) in [5, 5.41) is 8.11. The van der Waals surface area contributed by atoms with Crippen LogP contribution in [0.25, 0.3) is 5.69 Å². The van der Waals surface area contributed by atoms with Crippen molar-refractivity contribution in [3.63, 3.8) is 0 Å². The molecule has 6 nitrogen and oxygen atoms in total. The van der Waals surface area contributed by atoms with Crippen molar-refractivity contribution in [1.82, 2.24) is 9.78 Å². The van der Waals surface area contributed by atoms with Crippen molar-refractivity contribution in [2.75, 3.05) is 11.9 Å². The Labute approximate surface area is 161 Å². The van der Waals surface area contributed by atoms with Crippen molar-refractivity contribution in [2.24, 2.45) is 0 Å². The number of anilines is 1. The van der Waals surface area contributed by atoms with Crippen molar-refractivity contribution in [2.45, 2.75) is 13.1 Å². The summed E-state index contributed by atoms with van der Waals surface area (Å²) in [6.07, 6.45) is -3.99. The summed E-state index contributed by atoms with van der Waals surface area (Å²) in [6.45, 7) is 1.44. The molecule has 2 aromatic heterocycles. The van der Waals surface area contributed by atoms with Gasteiger partial charge in [-0.25, -0.2) is 9.48 Å². The van der Waals surface area contributed by atoms with Gasteiger partial charge in [-0.15, -0.1) is 11.3 Å². The second-order valence-electron chi connectivity index (χ2n) is 5.52. The number of hydrogen-bond acceptors (Lipinski definition) is 5. The number of nitrogens with zero attached hydrogens (tertiary/aromatic N) is 2. The molecule has 10 heteroatoms. The van der Waals surface area contributed by atoms with Crippen LogP contribution in [0.4, 0.5) is 18.9 Å². The monoisotopic (exact) mass is 409 g/mol. The molecule has 0 aliphatic carbocycles. The van der Waals surface area contributed by atoms with Crippen molar-refractivity contribution in [1.29, 1.82) is 0 Å². The topological polar surface area (TPSA) is 73.2 Å². The minimum absolute atomic E-state index is 0.0556. The molecule has 0 aliphatic heterocycles. The number of alkyl halides is 3. The number of halogens is 3. The number of thiophene rings is 1. The van der Waals surface area contributed by atoms with Crippen LogP contribution in [-0.2, 0) is 10.9 Å². The third kappa shape index (κ3) is 4.06. The molecule has 0 spiro atoms. The van der Waals surface area contributed by atoms with Gasteiger partial charge in [0.1, 0.15) is 5.56 Å². The minimum Gasteiger partial charge on any atom is -0.462 e. The highest BCUT2D eigenvalue weighted by atomic mass is 32.1. The number of hydrogen-bond donors (Lipinski definition) is 1. The lowest BCUT2D eigenvalue weighted by atomic mass is 10.2. The molecule has 146 valence electrons. The van der Waals surface area contributed by atoms with Crippen LogP contribution >= 0.6 is 11.3 Å². The Bertz CT molecular complexity index is 980. The average Bonchev–Trinajstić information content (AvgIpc) is 3.32. The number of benzene rings is 1. The Morgan fingerprint density at radius 1 is 1.21 bits per heavy atom. The zero-order chi connectivity index (χ0) is 20.3. The standard InChI is InChI=1S/C18H14F3N3O3S/c1-2-27-17(26)13-10-22-24(15(13)18(19,20)21)12-7-5-11(6-8-12)23-16(25)14-4-3-9-28-14/h3-10H,2H2,1H3,(H,23,25). The molecule has 0 saturated heterocycles. The normalized spacial score (nSPS) is 11.3. The molecule has 28 heavy (non-hydrogen) atoms. The zero-order valence-electron chi connectivity index (χ0n) is 14.5. The van der Waals surface area contributed by atoms with Gasteiger partial charge in [-0.05, 0) is 42.6 Å². The summed E-state index contributed by atoms with van der Waals surface area (Å²) in [5.41, 5.74) is -1.39. The fourth-order valence-electron chi connectivity index (χ4n) is 2.46. The van der Waals surface area contributed by atoms with Gasteiger partial charge in [-0.2, -0.15) is 18.3 Å². The van der Waals surface area contributed by atoms with Crippen molar-refractivity contribution in [3.05, 3.63) is 64.1 Å². The van der Waals surface area contributed by atoms with Gasteiger partial charge in [0.05, 0.1) is 23.4 Å². The van der Waals surface area contributed by atoms with Gasteiger partial charge < -0.3 is 10.1 Å². The van der Waals surface area contributed by atoms with Crippen LogP contribution in [0.2, 0.25) is 0 Å². The Morgan fingerprint density at radius 3 is 2.50 bits per heavy atom. The lowest BCUT2D eigenvalue weighted by molar-refractivity contribution is -0.143. The summed E-state index contributed by atoms with van der Waals surface area (Å²) in [7, 11) is 0. The molecule has 2 heterocycles. The first kappa shape index (κ1) is 19.6. The van der Waals surface area contributed by atoms with Gasteiger partial charge >= 0.3 is 12.1 Å². The second kappa shape index (κ2) is 7.85. The van der Waals surface area contributed by atoms with E-state index < -0.39 is 23.4 Å². The number of aromatic nitrogens is 2. The highest BCUT2D eigenvalue weighted by Gasteiger charge is 2.41. The van der Waals surface area contributed by atoms with E-state index in [0.717, 1.165) is 6.20 Å². The van der Waals surface area contributed by atoms with E-state index in [9.17, 15) is 22.8 Å². The summed E-state index contributed by atoms with van der Waals surface area (Å²) in [6, 6.07) is 9.02. The molecular weight excluding hydrogens is 395 g/mol. The van der Waals surface area contributed by atoms with Crippen LogP contribution in [0, 0.1) is 0 Å². The van der Waals surface area contributed by atoms with E-state index in [1.54, 1.807) is 17.5 Å². The van der Waals surface area contributed by atoms with Crippen LogP contribution in [0.1, 0.15) is 32.6 Å². The maximum atomic E-state index is 13.5. The maximum Gasteiger partial charge on any atom is 0.434 e. The summed E-state index contributed by atoms with van der Waals surface area (Å²) in [5.74, 6) is -1.41. The van der Waals surface area contributed by atoms with Crippen LogP contribution < -0.4 is 5.32 Å². The molecule has 0 fully saturated rings. The molecule has 0 aliphatic rings. The van der Waals surface area contributed by atoms with Crippen LogP contribution in [-0.4, -0.2) is 28.3 Å². The predicted molar refractivity (Wildman–Crippen MR) is 96.8 cm³/mol. The quantitative estimate of drug-likeness (QED) is 0.635. The summed E-state index contributed by atoms with van der Waals surface area (Å²) < 4.78 is 45.8. The molecule has 0 saturated carbocycles. The Kier molecular flexibility index (Phi) is 5.50. The molecule has 0 radical (unpaired) electrons. The SMILES string of the molecule is CCOC(=O)c1cnn(-c2ccc(NC(=O)c3cccs3)cc2)c1C(F)(F)F. The van der Waals surface area contributed by atoms with Gasteiger partial charge in [0.15, 0.2) is 5.69 Å².